The number of aromatic nitrogens is 5. The minimum atomic E-state index is 0.715. The van der Waals surface area contributed by atoms with Crippen LogP contribution in [0.5, 0.6) is 0 Å². The molecule has 0 saturated heterocycles. The maximum Gasteiger partial charge on any atom is 0.0964 e. The molecule has 6 heteroatoms. The number of rotatable bonds is 5. The van der Waals surface area contributed by atoms with E-state index < -0.39 is 0 Å². The summed E-state index contributed by atoms with van der Waals surface area (Å²) in [7, 11) is 1.90. The van der Waals surface area contributed by atoms with Crippen LogP contribution >= 0.6 is 0 Å². The van der Waals surface area contributed by atoms with E-state index in [1.807, 2.05) is 30.3 Å². The van der Waals surface area contributed by atoms with Crippen molar-refractivity contribution >= 4 is 0 Å². The second-order valence-corrected chi connectivity index (χ2v) is 3.71. The molecule has 16 heavy (non-hydrogen) atoms. The van der Waals surface area contributed by atoms with E-state index in [0.29, 0.717) is 6.54 Å². The minimum Gasteiger partial charge on any atom is -0.311 e. The van der Waals surface area contributed by atoms with E-state index >= 15 is 0 Å². The van der Waals surface area contributed by atoms with E-state index in [0.717, 1.165) is 24.3 Å². The lowest BCUT2D eigenvalue weighted by Crippen LogP contribution is -2.11. The van der Waals surface area contributed by atoms with Crippen LogP contribution in [0.4, 0.5) is 0 Å². The van der Waals surface area contributed by atoms with E-state index in [2.05, 4.69) is 27.7 Å². The van der Waals surface area contributed by atoms with Gasteiger partial charge in [0.15, 0.2) is 0 Å². The quantitative estimate of drug-likeness (QED) is 0.780. The molecule has 0 aliphatic heterocycles. The fraction of sp³-hybridized carbons (Fsp3) is 0.500. The fourth-order valence-electron chi connectivity index (χ4n) is 1.49. The van der Waals surface area contributed by atoms with Gasteiger partial charge in [0, 0.05) is 25.4 Å². The van der Waals surface area contributed by atoms with Gasteiger partial charge in [-0.05, 0) is 6.54 Å². The van der Waals surface area contributed by atoms with Crippen molar-refractivity contribution in [2.45, 2.75) is 20.0 Å². The van der Waals surface area contributed by atoms with Crippen LogP contribution in [0.2, 0.25) is 0 Å². The van der Waals surface area contributed by atoms with Crippen LogP contribution in [0.3, 0.4) is 0 Å². The molecule has 86 valence electrons. The van der Waals surface area contributed by atoms with E-state index in [1.165, 1.54) is 0 Å². The van der Waals surface area contributed by atoms with Crippen molar-refractivity contribution in [1.29, 1.82) is 0 Å². The zero-order valence-corrected chi connectivity index (χ0v) is 9.59. The van der Waals surface area contributed by atoms with Crippen molar-refractivity contribution in [3.8, 4) is 0 Å². The topological polar surface area (TPSA) is 60.6 Å². The van der Waals surface area contributed by atoms with Gasteiger partial charge in [0.2, 0.25) is 0 Å². The van der Waals surface area contributed by atoms with E-state index in [4.69, 9.17) is 0 Å². The zero-order valence-electron chi connectivity index (χ0n) is 9.59. The van der Waals surface area contributed by atoms with Gasteiger partial charge in [-0.2, -0.15) is 5.10 Å². The second kappa shape index (κ2) is 4.89. The predicted molar refractivity (Wildman–Crippen MR) is 59.7 cm³/mol. The highest BCUT2D eigenvalue weighted by Gasteiger charge is 2.02. The Balaban J connectivity index is 1.97. The van der Waals surface area contributed by atoms with Gasteiger partial charge in [-0.15, -0.1) is 5.10 Å². The maximum absolute atomic E-state index is 4.11. The van der Waals surface area contributed by atoms with Crippen LogP contribution in [-0.4, -0.2) is 31.3 Å². The average Bonchev–Trinajstić information content (AvgIpc) is 2.86. The van der Waals surface area contributed by atoms with Crippen LogP contribution in [0, 0.1) is 0 Å². The Morgan fingerprint density at radius 1 is 1.38 bits per heavy atom. The molecule has 2 aromatic heterocycles. The summed E-state index contributed by atoms with van der Waals surface area (Å²) in [4.78, 5) is 0. The molecular weight excluding hydrogens is 204 g/mol. The summed E-state index contributed by atoms with van der Waals surface area (Å²) in [5.41, 5.74) is 2.09. The smallest absolute Gasteiger partial charge is 0.0964 e. The van der Waals surface area contributed by atoms with Gasteiger partial charge in [0.25, 0.3) is 0 Å². The Bertz CT molecular complexity index is 444. The summed E-state index contributed by atoms with van der Waals surface area (Å²) in [5.74, 6) is 0. The fourth-order valence-corrected chi connectivity index (χ4v) is 1.49. The third kappa shape index (κ3) is 2.66. The zero-order chi connectivity index (χ0) is 11.4. The van der Waals surface area contributed by atoms with Gasteiger partial charge >= 0.3 is 0 Å². The van der Waals surface area contributed by atoms with Gasteiger partial charge in [-0.25, -0.2) is 4.68 Å². The summed E-state index contributed by atoms with van der Waals surface area (Å²) in [6.45, 7) is 4.49. The van der Waals surface area contributed by atoms with Gasteiger partial charge in [-0.3, -0.25) is 4.68 Å². The normalized spacial score (nSPS) is 10.9. The van der Waals surface area contributed by atoms with Crippen molar-refractivity contribution in [1.82, 2.24) is 30.1 Å². The first kappa shape index (κ1) is 10.8. The molecule has 2 heterocycles. The number of aryl methyl sites for hydroxylation is 1. The van der Waals surface area contributed by atoms with Crippen LogP contribution in [0.25, 0.3) is 0 Å². The summed E-state index contributed by atoms with van der Waals surface area (Å²) < 4.78 is 3.61. The van der Waals surface area contributed by atoms with Crippen LogP contribution in [0.15, 0.2) is 18.6 Å². The van der Waals surface area contributed by atoms with Crippen LogP contribution < -0.4 is 5.32 Å². The SMILES string of the molecule is CCNCc1cn(Cc2cnn(C)c2)nn1. The summed E-state index contributed by atoms with van der Waals surface area (Å²) >= 11 is 0. The molecule has 0 unspecified atom stereocenters. The molecule has 0 aliphatic carbocycles. The van der Waals surface area contributed by atoms with Crippen molar-refractivity contribution in [3.05, 3.63) is 29.8 Å². The number of hydrogen-bond acceptors (Lipinski definition) is 4. The first-order valence-corrected chi connectivity index (χ1v) is 5.35. The number of nitrogens with one attached hydrogen (secondary N) is 1. The molecule has 0 bridgehead atoms. The summed E-state index contributed by atoms with van der Waals surface area (Å²) in [5, 5.41) is 15.5. The largest absolute Gasteiger partial charge is 0.311 e. The number of nitrogens with zero attached hydrogens (tertiary/aromatic N) is 5. The first-order chi connectivity index (χ1) is 7.78. The first-order valence-electron chi connectivity index (χ1n) is 5.35. The monoisotopic (exact) mass is 220 g/mol. The Morgan fingerprint density at radius 2 is 2.25 bits per heavy atom. The van der Waals surface area contributed by atoms with Gasteiger partial charge < -0.3 is 5.32 Å². The van der Waals surface area contributed by atoms with Gasteiger partial charge in [-0.1, -0.05) is 12.1 Å². The Kier molecular flexibility index (Phi) is 3.31. The molecule has 6 nitrogen and oxygen atoms in total. The van der Waals surface area contributed by atoms with Crippen molar-refractivity contribution in [3.63, 3.8) is 0 Å². The lowest BCUT2D eigenvalue weighted by atomic mass is 10.3. The molecule has 0 aromatic carbocycles. The lowest BCUT2D eigenvalue weighted by molar-refractivity contribution is 0.647. The predicted octanol–water partition coefficient (Wildman–Crippen LogP) is 0.169. The lowest BCUT2D eigenvalue weighted by Gasteiger charge is -1.96. The molecule has 0 atom stereocenters. The molecular formula is C10H16N6. The van der Waals surface area contributed by atoms with Crippen molar-refractivity contribution in [2.24, 2.45) is 7.05 Å². The van der Waals surface area contributed by atoms with Gasteiger partial charge in [0.1, 0.15) is 0 Å². The van der Waals surface area contributed by atoms with E-state index in [1.54, 1.807) is 4.68 Å². The highest BCUT2D eigenvalue weighted by molar-refractivity contribution is 5.04. The standard InChI is InChI=1S/C10H16N6/c1-3-11-5-10-8-16(14-13-10)7-9-4-12-15(2)6-9/h4,6,8,11H,3,5,7H2,1-2H3. The average molecular weight is 220 g/mol. The molecule has 2 aromatic rings. The van der Waals surface area contributed by atoms with Crippen LogP contribution in [-0.2, 0) is 20.1 Å². The third-order valence-electron chi connectivity index (χ3n) is 2.25. The molecule has 0 saturated carbocycles. The van der Waals surface area contributed by atoms with E-state index in [9.17, 15) is 0 Å². The molecule has 0 radical (unpaired) electrons. The van der Waals surface area contributed by atoms with Crippen molar-refractivity contribution in [2.75, 3.05) is 6.54 Å². The van der Waals surface area contributed by atoms with E-state index in [-0.39, 0.29) is 0 Å². The summed E-state index contributed by atoms with van der Waals surface area (Å²) in [6.07, 6.45) is 5.77. The Hall–Kier alpha value is -1.69. The summed E-state index contributed by atoms with van der Waals surface area (Å²) in [6, 6.07) is 0. The minimum absolute atomic E-state index is 0.715. The maximum atomic E-state index is 4.11. The molecule has 0 fully saturated rings. The Morgan fingerprint density at radius 3 is 2.94 bits per heavy atom. The second-order valence-electron chi connectivity index (χ2n) is 3.71. The van der Waals surface area contributed by atoms with Gasteiger partial charge in [0.05, 0.1) is 24.6 Å². The molecule has 1 N–H and O–H groups in total. The molecule has 0 spiro atoms. The third-order valence-corrected chi connectivity index (χ3v) is 2.25. The number of hydrogen-bond donors (Lipinski definition) is 1. The Labute approximate surface area is 94.3 Å². The highest BCUT2D eigenvalue weighted by atomic mass is 15.4. The highest BCUT2D eigenvalue weighted by Crippen LogP contribution is 2.00. The molecule has 2 rings (SSSR count). The van der Waals surface area contributed by atoms with Crippen LogP contribution in [0.1, 0.15) is 18.2 Å². The van der Waals surface area contributed by atoms with Crippen molar-refractivity contribution < 1.29 is 0 Å². The molecule has 0 aliphatic rings. The molecule has 0 amide bonds.